The number of likely N-dealkylation sites (tertiary alicyclic amines) is 1. The predicted octanol–water partition coefficient (Wildman–Crippen LogP) is 1.67. The Kier molecular flexibility index (Phi) is 4.12. The Balaban J connectivity index is 1.89. The molecule has 2 N–H and O–H groups in total. The summed E-state index contributed by atoms with van der Waals surface area (Å²) in [6, 6.07) is 1.79. The first-order chi connectivity index (χ1) is 8.95. The highest BCUT2D eigenvalue weighted by Gasteiger charge is 2.26. The Morgan fingerprint density at radius 3 is 2.89 bits per heavy atom. The lowest BCUT2D eigenvalue weighted by Gasteiger charge is -2.17. The van der Waals surface area contributed by atoms with Gasteiger partial charge in [0.1, 0.15) is 12.4 Å². The van der Waals surface area contributed by atoms with Crippen LogP contribution in [-0.4, -0.2) is 33.7 Å². The second-order valence-electron chi connectivity index (χ2n) is 5.99. The number of anilines is 1. The quantitative estimate of drug-likeness (QED) is 0.899. The molecule has 1 saturated heterocycles. The molecule has 2 rings (SSSR count). The van der Waals surface area contributed by atoms with E-state index in [0.29, 0.717) is 17.7 Å². The van der Waals surface area contributed by atoms with Gasteiger partial charge in [0.05, 0.1) is 5.69 Å². The van der Waals surface area contributed by atoms with Crippen LogP contribution >= 0.6 is 0 Å². The molecule has 0 saturated carbocycles. The summed E-state index contributed by atoms with van der Waals surface area (Å²) in [5, 5.41) is 4.23. The van der Waals surface area contributed by atoms with E-state index in [1.54, 1.807) is 10.7 Å². The minimum absolute atomic E-state index is 0.126. The first-order valence-electron chi connectivity index (χ1n) is 7.03. The number of carbonyl (C=O) groups is 1. The Labute approximate surface area is 114 Å². The molecule has 1 fully saturated rings. The van der Waals surface area contributed by atoms with E-state index in [1.807, 2.05) is 11.8 Å². The smallest absolute Gasteiger partial charge is 0.244 e. The van der Waals surface area contributed by atoms with Crippen LogP contribution in [0.1, 0.15) is 32.4 Å². The fourth-order valence-electron chi connectivity index (χ4n) is 2.84. The molecule has 2 heterocycles. The van der Waals surface area contributed by atoms with Gasteiger partial charge in [-0.1, -0.05) is 13.8 Å². The monoisotopic (exact) mass is 264 g/mol. The molecule has 5 heteroatoms. The highest BCUT2D eigenvalue weighted by atomic mass is 16.2. The minimum atomic E-state index is 0.126. The number of nitrogens with zero attached hydrogens (tertiary/aromatic N) is 3. The van der Waals surface area contributed by atoms with E-state index in [9.17, 15) is 4.79 Å². The number of carbonyl (C=O) groups excluding carboxylic acids is 1. The lowest BCUT2D eigenvalue weighted by atomic mass is 9.97. The van der Waals surface area contributed by atoms with Gasteiger partial charge < -0.3 is 10.6 Å². The van der Waals surface area contributed by atoms with Crippen LogP contribution in [0.2, 0.25) is 0 Å². The molecule has 0 spiro atoms. The number of hydrogen-bond donors (Lipinski definition) is 1. The Morgan fingerprint density at radius 2 is 2.32 bits per heavy atom. The molecule has 1 aromatic rings. The third kappa shape index (κ3) is 3.49. The average molecular weight is 264 g/mol. The van der Waals surface area contributed by atoms with Gasteiger partial charge in [-0.05, 0) is 31.6 Å². The maximum Gasteiger partial charge on any atom is 0.244 e. The van der Waals surface area contributed by atoms with E-state index in [2.05, 4.69) is 18.9 Å². The number of aromatic nitrogens is 2. The Hall–Kier alpha value is -1.52. The molecule has 1 atom stereocenters. The second-order valence-corrected chi connectivity index (χ2v) is 5.99. The normalized spacial score (nSPS) is 19.4. The topological polar surface area (TPSA) is 64.2 Å². The molecule has 1 unspecified atom stereocenters. The zero-order chi connectivity index (χ0) is 14.0. The molecule has 1 aliphatic heterocycles. The summed E-state index contributed by atoms with van der Waals surface area (Å²) in [5.41, 5.74) is 6.66. The van der Waals surface area contributed by atoms with Crippen molar-refractivity contribution in [2.45, 2.75) is 40.2 Å². The van der Waals surface area contributed by atoms with E-state index >= 15 is 0 Å². The van der Waals surface area contributed by atoms with Crippen LogP contribution in [0.15, 0.2) is 6.07 Å². The second kappa shape index (κ2) is 5.63. The van der Waals surface area contributed by atoms with E-state index in [0.717, 1.165) is 25.2 Å². The number of nitrogens with two attached hydrogens (primary N) is 1. The van der Waals surface area contributed by atoms with Crippen LogP contribution in [0.5, 0.6) is 0 Å². The SMILES string of the molecule is Cc1cc(N)n(CC(=O)N2CCC(CC(C)C)C2)n1. The van der Waals surface area contributed by atoms with Crippen LogP contribution in [0.4, 0.5) is 5.82 Å². The van der Waals surface area contributed by atoms with Crippen molar-refractivity contribution in [2.24, 2.45) is 11.8 Å². The fourth-order valence-corrected chi connectivity index (χ4v) is 2.84. The van der Waals surface area contributed by atoms with Gasteiger partial charge in [0.25, 0.3) is 0 Å². The summed E-state index contributed by atoms with van der Waals surface area (Å²) in [7, 11) is 0. The predicted molar refractivity (Wildman–Crippen MR) is 75.5 cm³/mol. The maximum atomic E-state index is 12.2. The van der Waals surface area contributed by atoms with Crippen LogP contribution in [0.25, 0.3) is 0 Å². The standard InChI is InChI=1S/C14H24N4O/c1-10(2)6-12-4-5-17(8-12)14(19)9-18-13(15)7-11(3)16-18/h7,10,12H,4-6,8-9,15H2,1-3H3. The van der Waals surface area contributed by atoms with E-state index in [4.69, 9.17) is 5.73 Å². The third-order valence-corrected chi connectivity index (χ3v) is 3.66. The van der Waals surface area contributed by atoms with Crippen molar-refractivity contribution in [1.82, 2.24) is 14.7 Å². The van der Waals surface area contributed by atoms with Crippen LogP contribution < -0.4 is 5.73 Å². The summed E-state index contributed by atoms with van der Waals surface area (Å²) in [6.45, 7) is 8.36. The van der Waals surface area contributed by atoms with Gasteiger partial charge in [-0.3, -0.25) is 4.79 Å². The molecule has 0 radical (unpaired) electrons. The molecule has 19 heavy (non-hydrogen) atoms. The molecular formula is C14H24N4O. The Morgan fingerprint density at radius 1 is 1.58 bits per heavy atom. The van der Waals surface area contributed by atoms with E-state index in [1.165, 1.54) is 6.42 Å². The van der Waals surface area contributed by atoms with Gasteiger partial charge >= 0.3 is 0 Å². The maximum absolute atomic E-state index is 12.2. The van der Waals surface area contributed by atoms with Gasteiger partial charge in [-0.15, -0.1) is 0 Å². The number of nitrogen functional groups attached to an aromatic ring is 1. The molecular weight excluding hydrogens is 240 g/mol. The van der Waals surface area contributed by atoms with Crippen LogP contribution in [0, 0.1) is 18.8 Å². The van der Waals surface area contributed by atoms with Gasteiger partial charge in [0.2, 0.25) is 5.91 Å². The molecule has 1 aliphatic rings. The van der Waals surface area contributed by atoms with Gasteiger partial charge in [0, 0.05) is 19.2 Å². The summed E-state index contributed by atoms with van der Waals surface area (Å²) < 4.78 is 1.59. The summed E-state index contributed by atoms with van der Waals surface area (Å²) >= 11 is 0. The number of hydrogen-bond acceptors (Lipinski definition) is 3. The number of aryl methyl sites for hydroxylation is 1. The van der Waals surface area contributed by atoms with E-state index in [-0.39, 0.29) is 12.5 Å². The highest BCUT2D eigenvalue weighted by Crippen LogP contribution is 2.23. The first-order valence-corrected chi connectivity index (χ1v) is 7.03. The molecule has 1 amide bonds. The molecule has 0 aliphatic carbocycles. The third-order valence-electron chi connectivity index (χ3n) is 3.66. The van der Waals surface area contributed by atoms with Gasteiger partial charge in [0.15, 0.2) is 0 Å². The summed E-state index contributed by atoms with van der Waals surface area (Å²) in [4.78, 5) is 14.2. The highest BCUT2D eigenvalue weighted by molar-refractivity contribution is 5.76. The molecule has 0 bridgehead atoms. The van der Waals surface area contributed by atoms with Gasteiger partial charge in [-0.25, -0.2) is 4.68 Å². The molecule has 0 aromatic carbocycles. The number of amides is 1. The zero-order valence-corrected chi connectivity index (χ0v) is 12.1. The van der Waals surface area contributed by atoms with Crippen molar-refractivity contribution in [1.29, 1.82) is 0 Å². The zero-order valence-electron chi connectivity index (χ0n) is 12.1. The largest absolute Gasteiger partial charge is 0.384 e. The van der Waals surface area contributed by atoms with Crippen molar-refractivity contribution in [3.8, 4) is 0 Å². The van der Waals surface area contributed by atoms with Crippen molar-refractivity contribution in [3.63, 3.8) is 0 Å². The lowest BCUT2D eigenvalue weighted by Crippen LogP contribution is -2.32. The number of rotatable bonds is 4. The Bertz CT molecular complexity index is 452. The van der Waals surface area contributed by atoms with Crippen molar-refractivity contribution < 1.29 is 4.79 Å². The summed E-state index contributed by atoms with van der Waals surface area (Å²) in [5.74, 6) is 2.04. The molecule has 5 nitrogen and oxygen atoms in total. The molecule has 106 valence electrons. The average Bonchev–Trinajstić information content (AvgIpc) is 2.86. The van der Waals surface area contributed by atoms with Crippen molar-refractivity contribution in [2.75, 3.05) is 18.8 Å². The van der Waals surface area contributed by atoms with Gasteiger partial charge in [-0.2, -0.15) is 5.10 Å². The van der Waals surface area contributed by atoms with Crippen LogP contribution in [0.3, 0.4) is 0 Å². The van der Waals surface area contributed by atoms with Crippen molar-refractivity contribution in [3.05, 3.63) is 11.8 Å². The van der Waals surface area contributed by atoms with E-state index < -0.39 is 0 Å². The van der Waals surface area contributed by atoms with Crippen molar-refractivity contribution >= 4 is 11.7 Å². The lowest BCUT2D eigenvalue weighted by molar-refractivity contribution is -0.131. The minimum Gasteiger partial charge on any atom is -0.384 e. The molecule has 1 aromatic heterocycles. The fraction of sp³-hybridized carbons (Fsp3) is 0.714. The van der Waals surface area contributed by atoms with Crippen LogP contribution in [-0.2, 0) is 11.3 Å². The first kappa shape index (κ1) is 13.9. The summed E-state index contributed by atoms with van der Waals surface area (Å²) in [6.07, 6.45) is 2.32.